The van der Waals surface area contributed by atoms with Crippen molar-refractivity contribution in [1.29, 1.82) is 0 Å². The molecule has 1 aromatic carbocycles. The van der Waals surface area contributed by atoms with Crippen molar-refractivity contribution in [3.63, 3.8) is 0 Å². The lowest BCUT2D eigenvalue weighted by Gasteiger charge is -2.05. The molecule has 1 atom stereocenters. The molecular weight excluding hydrogens is 264 g/mol. The van der Waals surface area contributed by atoms with Gasteiger partial charge >= 0.3 is 0 Å². The van der Waals surface area contributed by atoms with E-state index in [1.165, 1.54) is 0 Å². The van der Waals surface area contributed by atoms with Crippen LogP contribution in [0.2, 0.25) is 0 Å². The fourth-order valence-electron chi connectivity index (χ4n) is 2.19. The standard InChI is InChI=1S/C16H16N4O/c1-2-11-9-6-10-18-14(11)15-19-16(21-20-15)13(17)12-7-4-3-5-8-12/h3-10,13H,2,17H2,1H3. The number of hydrogen-bond acceptors (Lipinski definition) is 5. The number of nitrogens with zero attached hydrogens (tertiary/aromatic N) is 3. The van der Waals surface area contributed by atoms with E-state index in [1.54, 1.807) is 6.20 Å². The van der Waals surface area contributed by atoms with Gasteiger partial charge in [-0.25, -0.2) is 0 Å². The highest BCUT2D eigenvalue weighted by molar-refractivity contribution is 5.53. The van der Waals surface area contributed by atoms with E-state index in [1.807, 2.05) is 42.5 Å². The molecule has 0 aliphatic rings. The van der Waals surface area contributed by atoms with E-state index in [0.29, 0.717) is 11.7 Å². The normalized spacial score (nSPS) is 12.3. The predicted octanol–water partition coefficient (Wildman–Crippen LogP) is 2.74. The molecule has 0 fully saturated rings. The van der Waals surface area contributed by atoms with Gasteiger partial charge in [-0.2, -0.15) is 4.98 Å². The highest BCUT2D eigenvalue weighted by atomic mass is 16.5. The van der Waals surface area contributed by atoms with Crippen LogP contribution in [0.3, 0.4) is 0 Å². The Kier molecular flexibility index (Phi) is 3.75. The molecule has 3 aromatic rings. The Morgan fingerprint density at radius 2 is 1.95 bits per heavy atom. The topological polar surface area (TPSA) is 77.8 Å². The van der Waals surface area contributed by atoms with Crippen molar-refractivity contribution in [1.82, 2.24) is 15.1 Å². The number of pyridine rings is 1. The Bertz CT molecular complexity index is 724. The summed E-state index contributed by atoms with van der Waals surface area (Å²) in [5.41, 5.74) is 8.92. The van der Waals surface area contributed by atoms with Gasteiger partial charge in [-0.3, -0.25) is 4.98 Å². The van der Waals surface area contributed by atoms with Gasteiger partial charge in [0.25, 0.3) is 0 Å². The Morgan fingerprint density at radius 3 is 2.71 bits per heavy atom. The van der Waals surface area contributed by atoms with Gasteiger partial charge in [0.2, 0.25) is 11.7 Å². The predicted molar refractivity (Wildman–Crippen MR) is 79.4 cm³/mol. The fourth-order valence-corrected chi connectivity index (χ4v) is 2.19. The third-order valence-corrected chi connectivity index (χ3v) is 3.35. The van der Waals surface area contributed by atoms with Crippen LogP contribution in [0.25, 0.3) is 11.5 Å². The number of benzene rings is 1. The number of aryl methyl sites for hydroxylation is 1. The third kappa shape index (κ3) is 2.68. The van der Waals surface area contributed by atoms with Crippen molar-refractivity contribution in [2.75, 3.05) is 0 Å². The first-order valence-corrected chi connectivity index (χ1v) is 6.88. The number of nitrogens with two attached hydrogens (primary N) is 1. The van der Waals surface area contributed by atoms with Gasteiger partial charge in [0.15, 0.2) is 0 Å². The number of aromatic nitrogens is 3. The summed E-state index contributed by atoms with van der Waals surface area (Å²) in [5.74, 6) is 0.873. The molecule has 0 spiro atoms. The minimum Gasteiger partial charge on any atom is -0.337 e. The second-order valence-electron chi connectivity index (χ2n) is 4.71. The SMILES string of the molecule is CCc1cccnc1-c1noc(C(N)c2ccccc2)n1. The molecule has 106 valence electrons. The summed E-state index contributed by atoms with van der Waals surface area (Å²) in [6.07, 6.45) is 2.58. The lowest BCUT2D eigenvalue weighted by Crippen LogP contribution is -2.12. The molecule has 5 nitrogen and oxygen atoms in total. The van der Waals surface area contributed by atoms with E-state index in [9.17, 15) is 0 Å². The van der Waals surface area contributed by atoms with E-state index in [0.717, 1.165) is 23.2 Å². The lowest BCUT2D eigenvalue weighted by molar-refractivity contribution is 0.367. The molecule has 0 radical (unpaired) electrons. The van der Waals surface area contributed by atoms with Crippen molar-refractivity contribution in [2.24, 2.45) is 5.73 Å². The maximum atomic E-state index is 6.16. The van der Waals surface area contributed by atoms with Gasteiger partial charge in [0, 0.05) is 6.20 Å². The van der Waals surface area contributed by atoms with Crippen LogP contribution in [0.15, 0.2) is 53.2 Å². The minimum absolute atomic E-state index is 0.393. The molecule has 0 aliphatic heterocycles. The molecule has 0 saturated heterocycles. The van der Waals surface area contributed by atoms with E-state index >= 15 is 0 Å². The monoisotopic (exact) mass is 280 g/mol. The van der Waals surface area contributed by atoms with Crippen LogP contribution < -0.4 is 5.73 Å². The summed E-state index contributed by atoms with van der Waals surface area (Å²) >= 11 is 0. The summed E-state index contributed by atoms with van der Waals surface area (Å²) in [6.45, 7) is 2.07. The van der Waals surface area contributed by atoms with Crippen LogP contribution in [0.5, 0.6) is 0 Å². The van der Waals surface area contributed by atoms with Crippen LogP contribution in [0.1, 0.15) is 30.0 Å². The van der Waals surface area contributed by atoms with Crippen LogP contribution in [0, 0.1) is 0 Å². The zero-order valence-corrected chi connectivity index (χ0v) is 11.7. The fraction of sp³-hybridized carbons (Fsp3) is 0.188. The van der Waals surface area contributed by atoms with Crippen LogP contribution in [0.4, 0.5) is 0 Å². The molecule has 2 heterocycles. The van der Waals surface area contributed by atoms with Gasteiger partial charge in [-0.05, 0) is 23.6 Å². The third-order valence-electron chi connectivity index (χ3n) is 3.35. The molecule has 0 aliphatic carbocycles. The minimum atomic E-state index is -0.429. The quantitative estimate of drug-likeness (QED) is 0.795. The molecule has 2 aromatic heterocycles. The summed E-state index contributed by atoms with van der Waals surface area (Å²) in [7, 11) is 0. The second kappa shape index (κ2) is 5.85. The van der Waals surface area contributed by atoms with E-state index < -0.39 is 6.04 Å². The van der Waals surface area contributed by atoms with E-state index in [2.05, 4.69) is 22.0 Å². The van der Waals surface area contributed by atoms with Crippen molar-refractivity contribution >= 4 is 0 Å². The molecule has 0 bridgehead atoms. The summed E-state index contributed by atoms with van der Waals surface area (Å²) < 4.78 is 5.31. The summed E-state index contributed by atoms with van der Waals surface area (Å²) in [6, 6.07) is 13.2. The van der Waals surface area contributed by atoms with Crippen molar-refractivity contribution in [3.8, 4) is 11.5 Å². The van der Waals surface area contributed by atoms with Gasteiger partial charge < -0.3 is 10.3 Å². The smallest absolute Gasteiger partial charge is 0.248 e. The average molecular weight is 280 g/mol. The maximum absolute atomic E-state index is 6.16. The summed E-state index contributed by atoms with van der Waals surface area (Å²) in [4.78, 5) is 8.74. The maximum Gasteiger partial charge on any atom is 0.248 e. The number of rotatable bonds is 4. The molecule has 0 amide bonds. The van der Waals surface area contributed by atoms with Crippen LogP contribution >= 0.6 is 0 Å². The Balaban J connectivity index is 1.93. The van der Waals surface area contributed by atoms with Gasteiger partial charge in [0.1, 0.15) is 11.7 Å². The van der Waals surface area contributed by atoms with Gasteiger partial charge in [0.05, 0.1) is 0 Å². The molecule has 2 N–H and O–H groups in total. The lowest BCUT2D eigenvalue weighted by atomic mass is 10.1. The zero-order valence-electron chi connectivity index (χ0n) is 11.7. The van der Waals surface area contributed by atoms with Crippen LogP contribution in [-0.2, 0) is 6.42 Å². The molecule has 21 heavy (non-hydrogen) atoms. The molecule has 5 heteroatoms. The van der Waals surface area contributed by atoms with Crippen molar-refractivity contribution in [2.45, 2.75) is 19.4 Å². The molecule has 3 rings (SSSR count). The van der Waals surface area contributed by atoms with Crippen LogP contribution in [-0.4, -0.2) is 15.1 Å². The van der Waals surface area contributed by atoms with Crippen molar-refractivity contribution < 1.29 is 4.52 Å². The Morgan fingerprint density at radius 1 is 1.14 bits per heavy atom. The average Bonchev–Trinajstić information content (AvgIpc) is 3.04. The highest BCUT2D eigenvalue weighted by Gasteiger charge is 2.18. The van der Waals surface area contributed by atoms with E-state index in [-0.39, 0.29) is 0 Å². The first-order chi connectivity index (χ1) is 10.3. The molecule has 0 saturated carbocycles. The van der Waals surface area contributed by atoms with Gasteiger partial charge in [-0.15, -0.1) is 0 Å². The first-order valence-electron chi connectivity index (χ1n) is 6.88. The van der Waals surface area contributed by atoms with Crippen molar-refractivity contribution in [3.05, 3.63) is 65.7 Å². The Hall–Kier alpha value is -2.53. The molecular formula is C16H16N4O. The molecule has 1 unspecified atom stereocenters. The highest BCUT2D eigenvalue weighted by Crippen LogP contribution is 2.22. The second-order valence-corrected chi connectivity index (χ2v) is 4.71. The summed E-state index contributed by atoms with van der Waals surface area (Å²) in [5, 5.41) is 4.01. The first kappa shape index (κ1) is 13.5. The zero-order chi connectivity index (χ0) is 14.7. The van der Waals surface area contributed by atoms with Gasteiger partial charge in [-0.1, -0.05) is 48.5 Å². The largest absolute Gasteiger partial charge is 0.337 e. The Labute approximate surface area is 122 Å². The number of hydrogen-bond donors (Lipinski definition) is 1. The van der Waals surface area contributed by atoms with E-state index in [4.69, 9.17) is 10.3 Å².